The molecule has 0 aliphatic carbocycles. The number of amides is 3. The Morgan fingerprint density at radius 2 is 1.64 bits per heavy atom. The van der Waals surface area contributed by atoms with Gasteiger partial charge in [-0.3, -0.25) is 19.4 Å². The van der Waals surface area contributed by atoms with Crippen LogP contribution in [-0.2, 0) is 11.2 Å². The highest BCUT2D eigenvalue weighted by Gasteiger charge is 2.27. The molecule has 0 saturated heterocycles. The molecule has 0 aliphatic heterocycles. The Balaban J connectivity index is 1.47. The van der Waals surface area contributed by atoms with Gasteiger partial charge in [-0.05, 0) is 54.8 Å². The Bertz CT molecular complexity index is 1420. The first-order valence-electron chi connectivity index (χ1n) is 11.3. The minimum Gasteiger partial charge on any atom is -0.381 e. The number of rotatable bonds is 8. The highest BCUT2D eigenvalue weighted by atomic mass is 16.3. The third kappa shape index (κ3) is 5.70. The van der Waals surface area contributed by atoms with Crippen molar-refractivity contribution >= 4 is 34.4 Å². The van der Waals surface area contributed by atoms with Crippen molar-refractivity contribution in [2.24, 2.45) is 5.73 Å². The van der Waals surface area contributed by atoms with Crippen LogP contribution in [0.25, 0.3) is 11.0 Å². The van der Waals surface area contributed by atoms with Gasteiger partial charge in [-0.15, -0.1) is 0 Å². The Labute approximate surface area is 207 Å². The molecule has 0 saturated carbocycles. The lowest BCUT2D eigenvalue weighted by atomic mass is 9.99. The number of carbonyl (C=O) groups is 3. The first-order chi connectivity index (χ1) is 17.3. The zero-order chi connectivity index (χ0) is 25.7. The monoisotopic (exact) mass is 483 g/mol. The summed E-state index contributed by atoms with van der Waals surface area (Å²) < 4.78 is 0. The van der Waals surface area contributed by atoms with Crippen LogP contribution >= 0.6 is 0 Å². The number of para-hydroxylation sites is 2. The van der Waals surface area contributed by atoms with Gasteiger partial charge in [0.15, 0.2) is 6.10 Å². The van der Waals surface area contributed by atoms with Crippen molar-refractivity contribution in [3.8, 4) is 0 Å². The minimum absolute atomic E-state index is 0.164. The van der Waals surface area contributed by atoms with E-state index in [0.29, 0.717) is 27.8 Å². The van der Waals surface area contributed by atoms with E-state index in [1.54, 1.807) is 31.2 Å². The Hall–Kier alpha value is -4.63. The maximum Gasteiger partial charge on any atom is 0.275 e. The van der Waals surface area contributed by atoms with Gasteiger partial charge in [0.2, 0.25) is 5.91 Å². The fraction of sp³-hybridized carbons (Fsp3) is 0.148. The van der Waals surface area contributed by atoms with Crippen LogP contribution < -0.4 is 16.4 Å². The largest absolute Gasteiger partial charge is 0.381 e. The average Bonchev–Trinajstić information content (AvgIpc) is 2.88. The molecule has 2 atom stereocenters. The van der Waals surface area contributed by atoms with Crippen molar-refractivity contribution in [1.82, 2.24) is 15.3 Å². The normalized spacial score (nSPS) is 12.5. The second-order valence-electron chi connectivity index (χ2n) is 8.34. The summed E-state index contributed by atoms with van der Waals surface area (Å²) in [7, 11) is 0. The zero-order valence-electron chi connectivity index (χ0n) is 19.5. The molecule has 0 bridgehead atoms. The van der Waals surface area contributed by atoms with E-state index in [1.807, 2.05) is 48.5 Å². The second kappa shape index (κ2) is 10.7. The van der Waals surface area contributed by atoms with E-state index < -0.39 is 29.9 Å². The molecule has 4 rings (SSSR count). The zero-order valence-corrected chi connectivity index (χ0v) is 19.5. The number of aryl methyl sites for hydroxylation is 1. The topological polar surface area (TPSA) is 147 Å². The molecule has 3 aromatic carbocycles. The summed E-state index contributed by atoms with van der Waals surface area (Å²) in [5, 5.41) is 15.8. The molecule has 1 unspecified atom stereocenters. The molecular formula is C27H25N5O4. The number of primary amides is 1. The average molecular weight is 484 g/mol. The van der Waals surface area contributed by atoms with E-state index in [1.165, 1.54) is 6.20 Å². The Morgan fingerprint density at radius 1 is 0.944 bits per heavy atom. The quantitative estimate of drug-likeness (QED) is 0.303. The first-order valence-corrected chi connectivity index (χ1v) is 11.3. The Kier molecular flexibility index (Phi) is 7.31. The molecule has 182 valence electrons. The second-order valence-corrected chi connectivity index (χ2v) is 8.34. The SMILES string of the molecule is Cc1cc(NC(=O)c2cnc3ccccc3n2)ccc1C(=O)N[C@@H](Cc1ccccc1)C(O)C(N)=O. The van der Waals surface area contributed by atoms with E-state index in [-0.39, 0.29) is 12.1 Å². The van der Waals surface area contributed by atoms with Crippen molar-refractivity contribution in [2.75, 3.05) is 5.32 Å². The van der Waals surface area contributed by atoms with Gasteiger partial charge in [-0.1, -0.05) is 42.5 Å². The number of aliphatic hydroxyl groups excluding tert-OH is 1. The summed E-state index contributed by atoms with van der Waals surface area (Å²) in [6, 6.07) is 20.3. The molecule has 0 aliphatic rings. The van der Waals surface area contributed by atoms with E-state index >= 15 is 0 Å². The number of benzene rings is 3. The highest BCUT2D eigenvalue weighted by molar-refractivity contribution is 6.04. The summed E-state index contributed by atoms with van der Waals surface area (Å²) in [4.78, 5) is 45.9. The van der Waals surface area contributed by atoms with Crippen molar-refractivity contribution in [3.63, 3.8) is 0 Å². The minimum atomic E-state index is -1.56. The molecule has 9 heteroatoms. The number of carbonyl (C=O) groups excluding carboxylic acids is 3. The van der Waals surface area contributed by atoms with Gasteiger partial charge in [-0.2, -0.15) is 0 Å². The van der Waals surface area contributed by atoms with E-state index in [0.717, 1.165) is 5.56 Å². The molecule has 5 N–H and O–H groups in total. The number of hydrogen-bond donors (Lipinski definition) is 4. The van der Waals surface area contributed by atoms with Crippen LogP contribution in [-0.4, -0.2) is 44.9 Å². The summed E-state index contributed by atoms with van der Waals surface area (Å²) in [5.74, 6) is -1.84. The van der Waals surface area contributed by atoms with Gasteiger partial charge in [0.25, 0.3) is 11.8 Å². The molecule has 36 heavy (non-hydrogen) atoms. The van der Waals surface area contributed by atoms with Crippen LogP contribution in [0, 0.1) is 6.92 Å². The number of fused-ring (bicyclic) bond motifs is 1. The lowest BCUT2D eigenvalue weighted by molar-refractivity contribution is -0.127. The Morgan fingerprint density at radius 3 is 2.33 bits per heavy atom. The molecule has 0 spiro atoms. The van der Waals surface area contributed by atoms with Crippen LogP contribution in [0.5, 0.6) is 0 Å². The summed E-state index contributed by atoms with van der Waals surface area (Å²) in [6.45, 7) is 1.72. The summed E-state index contributed by atoms with van der Waals surface area (Å²) in [6.07, 6.45) is 0.0658. The third-order valence-electron chi connectivity index (χ3n) is 5.70. The molecule has 4 aromatic rings. The van der Waals surface area contributed by atoms with Crippen LogP contribution in [0.3, 0.4) is 0 Å². The molecule has 1 aromatic heterocycles. The molecule has 0 fully saturated rings. The van der Waals surface area contributed by atoms with Crippen LogP contribution in [0.2, 0.25) is 0 Å². The molecule has 3 amide bonds. The number of aliphatic hydroxyl groups is 1. The van der Waals surface area contributed by atoms with Gasteiger partial charge in [0.1, 0.15) is 5.69 Å². The smallest absolute Gasteiger partial charge is 0.275 e. The molecule has 1 heterocycles. The van der Waals surface area contributed by atoms with E-state index in [4.69, 9.17) is 5.73 Å². The maximum absolute atomic E-state index is 13.0. The highest BCUT2D eigenvalue weighted by Crippen LogP contribution is 2.18. The summed E-state index contributed by atoms with van der Waals surface area (Å²) >= 11 is 0. The third-order valence-corrected chi connectivity index (χ3v) is 5.70. The number of hydrogen-bond acceptors (Lipinski definition) is 6. The van der Waals surface area contributed by atoms with Gasteiger partial charge >= 0.3 is 0 Å². The van der Waals surface area contributed by atoms with Crippen LogP contribution in [0.1, 0.15) is 32.0 Å². The maximum atomic E-state index is 13.0. The van der Waals surface area contributed by atoms with Gasteiger partial charge in [0, 0.05) is 11.3 Å². The van der Waals surface area contributed by atoms with Crippen molar-refractivity contribution < 1.29 is 19.5 Å². The summed E-state index contributed by atoms with van der Waals surface area (Å²) in [5.41, 5.74) is 8.96. The van der Waals surface area contributed by atoms with Crippen LogP contribution in [0.4, 0.5) is 5.69 Å². The lowest BCUT2D eigenvalue weighted by Crippen LogP contribution is -2.50. The number of anilines is 1. The van der Waals surface area contributed by atoms with Gasteiger partial charge in [0.05, 0.1) is 23.3 Å². The predicted octanol–water partition coefficient (Wildman–Crippen LogP) is 2.38. The molecule has 0 radical (unpaired) electrons. The number of nitrogens with zero attached hydrogens (tertiary/aromatic N) is 2. The number of aromatic nitrogens is 2. The standard InChI is InChI=1S/C27H25N5O4/c1-16-13-18(30-27(36)23-15-29-20-9-5-6-10-21(20)31-23)11-12-19(16)26(35)32-22(24(33)25(28)34)14-17-7-3-2-4-8-17/h2-13,15,22,24,33H,14H2,1H3,(H2,28,34)(H,30,36)(H,32,35)/t22-,24?/m0/s1. The van der Waals surface area contributed by atoms with Gasteiger partial charge < -0.3 is 21.5 Å². The fourth-order valence-electron chi connectivity index (χ4n) is 3.81. The van der Waals surface area contributed by atoms with Gasteiger partial charge in [-0.25, -0.2) is 4.98 Å². The lowest BCUT2D eigenvalue weighted by Gasteiger charge is -2.23. The van der Waals surface area contributed by atoms with E-state index in [9.17, 15) is 19.5 Å². The first kappa shape index (κ1) is 24.5. The van der Waals surface area contributed by atoms with Crippen molar-refractivity contribution in [3.05, 3.63) is 101 Å². The van der Waals surface area contributed by atoms with E-state index in [2.05, 4.69) is 20.6 Å². The van der Waals surface area contributed by atoms with Crippen molar-refractivity contribution in [1.29, 1.82) is 0 Å². The molecular weight excluding hydrogens is 458 g/mol. The number of nitrogens with one attached hydrogen (secondary N) is 2. The fourth-order valence-corrected chi connectivity index (χ4v) is 3.81. The van der Waals surface area contributed by atoms with Crippen LogP contribution in [0.15, 0.2) is 79.0 Å². The van der Waals surface area contributed by atoms with Crippen molar-refractivity contribution in [2.45, 2.75) is 25.5 Å². The predicted molar refractivity (Wildman–Crippen MR) is 135 cm³/mol. The molecule has 9 nitrogen and oxygen atoms in total. The number of nitrogens with two attached hydrogens (primary N) is 1.